The van der Waals surface area contributed by atoms with Crippen LogP contribution in [-0.2, 0) is 0 Å². The number of fused-ring (bicyclic) bond motifs is 1. The SMILES string of the molecule is CC(Oc1cc(C(=O)NCC#Cc2ccc(C(=O)NO)cc2)nc2ccccc12)N(C)C. The van der Waals surface area contributed by atoms with Crippen molar-refractivity contribution in [2.75, 3.05) is 20.6 Å². The maximum Gasteiger partial charge on any atom is 0.274 e. The Kier molecular flexibility index (Phi) is 7.39. The number of ether oxygens (including phenoxy) is 1. The van der Waals surface area contributed by atoms with Gasteiger partial charge in [0, 0.05) is 22.6 Å². The highest BCUT2D eigenvalue weighted by atomic mass is 16.5. The van der Waals surface area contributed by atoms with Crippen LogP contribution < -0.4 is 15.5 Å². The molecule has 3 N–H and O–H groups in total. The molecule has 0 aliphatic rings. The molecule has 1 atom stereocenters. The van der Waals surface area contributed by atoms with Crippen LogP contribution in [0.3, 0.4) is 0 Å². The maximum atomic E-state index is 12.6. The topological polar surface area (TPSA) is 104 Å². The van der Waals surface area contributed by atoms with E-state index in [1.807, 2.05) is 50.2 Å². The van der Waals surface area contributed by atoms with E-state index in [0.717, 1.165) is 5.39 Å². The molecule has 2 amide bonds. The molecule has 32 heavy (non-hydrogen) atoms. The van der Waals surface area contributed by atoms with Crippen LogP contribution in [0.4, 0.5) is 0 Å². The highest BCUT2D eigenvalue weighted by molar-refractivity contribution is 5.97. The molecule has 2 aromatic carbocycles. The third-order valence-electron chi connectivity index (χ3n) is 4.75. The van der Waals surface area contributed by atoms with Crippen molar-refractivity contribution in [1.82, 2.24) is 20.7 Å². The van der Waals surface area contributed by atoms with Crippen molar-refractivity contribution in [2.24, 2.45) is 0 Å². The molecule has 8 heteroatoms. The Morgan fingerprint density at radius 3 is 2.53 bits per heavy atom. The molecule has 0 bridgehead atoms. The summed E-state index contributed by atoms with van der Waals surface area (Å²) in [7, 11) is 3.82. The van der Waals surface area contributed by atoms with E-state index in [4.69, 9.17) is 9.94 Å². The summed E-state index contributed by atoms with van der Waals surface area (Å²) in [5.74, 6) is 5.40. The average Bonchev–Trinajstić information content (AvgIpc) is 2.81. The van der Waals surface area contributed by atoms with Gasteiger partial charge in [-0.3, -0.25) is 19.7 Å². The zero-order valence-corrected chi connectivity index (χ0v) is 18.0. The molecule has 1 heterocycles. The zero-order valence-electron chi connectivity index (χ0n) is 18.0. The number of aromatic nitrogens is 1. The van der Waals surface area contributed by atoms with Gasteiger partial charge in [0.2, 0.25) is 0 Å². The summed E-state index contributed by atoms with van der Waals surface area (Å²) >= 11 is 0. The van der Waals surface area contributed by atoms with E-state index in [9.17, 15) is 9.59 Å². The van der Waals surface area contributed by atoms with Crippen molar-refractivity contribution in [2.45, 2.75) is 13.2 Å². The molecule has 0 fully saturated rings. The van der Waals surface area contributed by atoms with Gasteiger partial charge in [-0.1, -0.05) is 24.0 Å². The minimum atomic E-state index is -0.594. The molecule has 0 saturated carbocycles. The predicted molar refractivity (Wildman–Crippen MR) is 120 cm³/mol. The fraction of sp³-hybridized carbons (Fsp3) is 0.208. The number of pyridine rings is 1. The molecule has 3 rings (SSSR count). The standard InChI is InChI=1S/C24H24N4O4/c1-16(28(2)3)32-22-15-21(26-20-9-5-4-8-19(20)22)24(30)25-14-6-7-17-10-12-18(13-11-17)23(29)27-31/h4-5,8-13,15-16,31H,14H2,1-3H3,(H,25,30)(H,27,29). The molecule has 0 aliphatic carbocycles. The van der Waals surface area contributed by atoms with Crippen molar-refractivity contribution in [3.63, 3.8) is 0 Å². The number of amides is 2. The summed E-state index contributed by atoms with van der Waals surface area (Å²) in [6.45, 7) is 2.05. The van der Waals surface area contributed by atoms with Gasteiger partial charge in [0.05, 0.1) is 12.1 Å². The lowest BCUT2D eigenvalue weighted by atomic mass is 10.1. The normalized spacial score (nSPS) is 11.4. The van der Waals surface area contributed by atoms with E-state index in [2.05, 4.69) is 22.1 Å². The van der Waals surface area contributed by atoms with Crippen LogP contribution in [0.5, 0.6) is 5.75 Å². The summed E-state index contributed by atoms with van der Waals surface area (Å²) < 4.78 is 6.03. The molecule has 0 saturated heterocycles. The van der Waals surface area contributed by atoms with Gasteiger partial charge in [0.25, 0.3) is 11.8 Å². The van der Waals surface area contributed by atoms with E-state index in [-0.39, 0.29) is 24.4 Å². The summed E-state index contributed by atoms with van der Waals surface area (Å²) in [5, 5.41) is 12.2. The molecular formula is C24H24N4O4. The number of carbonyl (C=O) groups excluding carboxylic acids is 2. The second-order valence-electron chi connectivity index (χ2n) is 7.21. The largest absolute Gasteiger partial charge is 0.475 e. The van der Waals surface area contributed by atoms with Crippen LogP contribution in [0, 0.1) is 11.8 Å². The molecule has 8 nitrogen and oxygen atoms in total. The van der Waals surface area contributed by atoms with Crippen LogP contribution in [0.15, 0.2) is 54.6 Å². The first-order valence-electron chi connectivity index (χ1n) is 9.93. The van der Waals surface area contributed by atoms with Gasteiger partial charge in [-0.25, -0.2) is 10.5 Å². The number of para-hydroxylation sites is 1. The van der Waals surface area contributed by atoms with Crippen LogP contribution in [-0.4, -0.2) is 53.8 Å². The lowest BCUT2D eigenvalue weighted by Gasteiger charge is -2.22. The summed E-state index contributed by atoms with van der Waals surface area (Å²) in [6, 6.07) is 15.5. The Bertz CT molecular complexity index is 1180. The highest BCUT2D eigenvalue weighted by Gasteiger charge is 2.15. The first kappa shape index (κ1) is 22.7. The Hall–Kier alpha value is -3.93. The van der Waals surface area contributed by atoms with E-state index in [0.29, 0.717) is 22.4 Å². The summed E-state index contributed by atoms with van der Waals surface area (Å²) in [5.41, 5.74) is 3.47. The second-order valence-corrected chi connectivity index (χ2v) is 7.21. The van der Waals surface area contributed by atoms with Crippen molar-refractivity contribution in [3.05, 3.63) is 71.4 Å². The molecule has 1 aromatic heterocycles. The second kappa shape index (κ2) is 10.4. The Labute approximate surface area is 186 Å². The number of nitrogens with one attached hydrogen (secondary N) is 2. The van der Waals surface area contributed by atoms with Crippen LogP contribution in [0.25, 0.3) is 10.9 Å². The number of benzene rings is 2. The van der Waals surface area contributed by atoms with Gasteiger partial charge >= 0.3 is 0 Å². The first-order valence-corrected chi connectivity index (χ1v) is 9.93. The zero-order chi connectivity index (χ0) is 23.1. The Morgan fingerprint density at radius 2 is 1.84 bits per heavy atom. The van der Waals surface area contributed by atoms with Crippen molar-refractivity contribution in [3.8, 4) is 17.6 Å². The van der Waals surface area contributed by atoms with Gasteiger partial charge in [0.15, 0.2) is 0 Å². The van der Waals surface area contributed by atoms with Gasteiger partial charge in [-0.15, -0.1) is 0 Å². The summed E-state index contributed by atoms with van der Waals surface area (Å²) in [6.07, 6.45) is -0.183. The van der Waals surface area contributed by atoms with Crippen LogP contribution in [0.2, 0.25) is 0 Å². The minimum Gasteiger partial charge on any atom is -0.475 e. The highest BCUT2D eigenvalue weighted by Crippen LogP contribution is 2.26. The monoisotopic (exact) mass is 432 g/mol. The van der Waals surface area contributed by atoms with Crippen molar-refractivity contribution >= 4 is 22.7 Å². The van der Waals surface area contributed by atoms with Gasteiger partial charge in [-0.05, 0) is 57.4 Å². The van der Waals surface area contributed by atoms with Crippen LogP contribution in [0.1, 0.15) is 33.3 Å². The van der Waals surface area contributed by atoms with E-state index in [1.54, 1.807) is 35.8 Å². The van der Waals surface area contributed by atoms with Gasteiger partial charge < -0.3 is 10.1 Å². The smallest absolute Gasteiger partial charge is 0.274 e. The predicted octanol–water partition coefficient (Wildman–Crippen LogP) is 2.42. The Morgan fingerprint density at radius 1 is 1.12 bits per heavy atom. The molecule has 0 aliphatic heterocycles. The number of hydrogen-bond donors (Lipinski definition) is 3. The minimum absolute atomic E-state index is 0.122. The lowest BCUT2D eigenvalue weighted by Crippen LogP contribution is -2.30. The van der Waals surface area contributed by atoms with Crippen LogP contribution >= 0.6 is 0 Å². The fourth-order valence-electron chi connectivity index (χ4n) is 2.78. The number of nitrogens with zero attached hydrogens (tertiary/aromatic N) is 2. The van der Waals surface area contributed by atoms with E-state index >= 15 is 0 Å². The maximum absolute atomic E-state index is 12.6. The lowest BCUT2D eigenvalue weighted by molar-refractivity contribution is 0.0706. The van der Waals surface area contributed by atoms with Gasteiger partial charge in [0.1, 0.15) is 17.7 Å². The quantitative estimate of drug-likeness (QED) is 0.239. The number of rotatable bonds is 6. The molecule has 3 aromatic rings. The molecule has 1 unspecified atom stereocenters. The van der Waals surface area contributed by atoms with E-state index in [1.165, 1.54) is 0 Å². The average molecular weight is 432 g/mol. The van der Waals surface area contributed by atoms with Crippen molar-refractivity contribution in [1.29, 1.82) is 0 Å². The van der Waals surface area contributed by atoms with Crippen molar-refractivity contribution < 1.29 is 19.5 Å². The fourth-order valence-corrected chi connectivity index (χ4v) is 2.78. The molecular weight excluding hydrogens is 408 g/mol. The van der Waals surface area contributed by atoms with Gasteiger partial charge in [-0.2, -0.15) is 0 Å². The number of hydrogen-bond acceptors (Lipinski definition) is 6. The number of carbonyl (C=O) groups is 2. The third kappa shape index (κ3) is 5.60. The molecule has 0 spiro atoms. The first-order chi connectivity index (χ1) is 15.4. The number of hydroxylamine groups is 1. The third-order valence-corrected chi connectivity index (χ3v) is 4.75. The molecule has 164 valence electrons. The molecule has 0 radical (unpaired) electrons. The Balaban J connectivity index is 1.71. The van der Waals surface area contributed by atoms with E-state index < -0.39 is 5.91 Å². The summed E-state index contributed by atoms with van der Waals surface area (Å²) in [4.78, 5) is 30.4.